The molecule has 0 unspecified atom stereocenters. The highest BCUT2D eigenvalue weighted by molar-refractivity contribution is 8.20. The number of amides is 1. The number of ketones is 1. The lowest BCUT2D eigenvalue weighted by atomic mass is 10.1. The number of fused-ring (bicyclic) bond motifs is 1. The Labute approximate surface area is 207 Å². The molecule has 0 atom stereocenters. The van der Waals surface area contributed by atoms with Crippen LogP contribution in [0.2, 0.25) is 0 Å². The Hall–Kier alpha value is -3.29. The van der Waals surface area contributed by atoms with E-state index in [-0.39, 0.29) is 11.7 Å². The maximum Gasteiger partial charge on any atom is 0.274 e. The molecule has 5 nitrogen and oxygen atoms in total. The average molecular weight is 486 g/mol. The molecule has 0 aliphatic carbocycles. The minimum atomic E-state index is -0.0918. The van der Waals surface area contributed by atoms with Gasteiger partial charge in [0, 0.05) is 17.0 Å². The number of hydrogen-bond donors (Lipinski definition) is 0. The highest BCUT2D eigenvalue weighted by Crippen LogP contribution is 2.51. The zero-order chi connectivity index (χ0) is 23.8. The number of carbonyl (C=O) groups is 2. The summed E-state index contributed by atoms with van der Waals surface area (Å²) in [5.41, 5.74) is 4.19. The van der Waals surface area contributed by atoms with Crippen LogP contribution in [0.5, 0.6) is 0 Å². The summed E-state index contributed by atoms with van der Waals surface area (Å²) in [6.45, 7) is 6.39. The Morgan fingerprint density at radius 3 is 2.53 bits per heavy atom. The quantitative estimate of drug-likeness (QED) is 0.302. The predicted octanol–water partition coefficient (Wildman–Crippen LogP) is 6.77. The van der Waals surface area contributed by atoms with Crippen molar-refractivity contribution in [3.8, 4) is 0 Å². The van der Waals surface area contributed by atoms with Crippen LogP contribution in [0.25, 0.3) is 0 Å². The number of aliphatic imine (C=N–C) groups is 1. The third-order valence-electron chi connectivity index (χ3n) is 5.64. The van der Waals surface area contributed by atoms with Crippen molar-refractivity contribution in [1.29, 1.82) is 0 Å². The summed E-state index contributed by atoms with van der Waals surface area (Å²) in [4.78, 5) is 36.2. The number of carbonyl (C=O) groups excluding carboxylic acids is 2. The van der Waals surface area contributed by atoms with Crippen LogP contribution in [-0.4, -0.2) is 23.4 Å². The van der Waals surface area contributed by atoms with Gasteiger partial charge in [-0.15, -0.1) is 0 Å². The summed E-state index contributed by atoms with van der Waals surface area (Å²) in [6.07, 6.45) is 0. The van der Waals surface area contributed by atoms with Gasteiger partial charge in [0.2, 0.25) is 0 Å². The summed E-state index contributed by atoms with van der Waals surface area (Å²) in [7, 11) is 0. The summed E-state index contributed by atoms with van der Waals surface area (Å²) in [5, 5.41) is 1.51. The first-order chi connectivity index (χ1) is 16.5. The number of amidine groups is 1. The van der Waals surface area contributed by atoms with Crippen LogP contribution in [0, 0.1) is 6.92 Å². The molecule has 170 valence electrons. The molecule has 0 aromatic heterocycles. The number of hydrogen-bond acceptors (Lipinski definition) is 6. The van der Waals surface area contributed by atoms with E-state index in [0.29, 0.717) is 21.3 Å². The van der Waals surface area contributed by atoms with E-state index in [1.807, 2.05) is 55.5 Å². The predicted molar refractivity (Wildman–Crippen MR) is 142 cm³/mol. The van der Waals surface area contributed by atoms with Crippen LogP contribution >= 0.6 is 23.5 Å². The number of thioether (sulfide) groups is 2. The molecular weight excluding hydrogens is 462 g/mol. The molecule has 1 saturated heterocycles. The molecule has 0 radical (unpaired) electrons. The van der Waals surface area contributed by atoms with E-state index in [1.165, 1.54) is 18.7 Å². The van der Waals surface area contributed by atoms with Gasteiger partial charge in [0.05, 0.1) is 17.1 Å². The van der Waals surface area contributed by atoms with Crippen molar-refractivity contribution in [3.05, 3.63) is 93.9 Å². The van der Waals surface area contributed by atoms with Crippen LogP contribution in [0.15, 0.2) is 92.6 Å². The van der Waals surface area contributed by atoms with E-state index in [4.69, 9.17) is 4.99 Å². The fraction of sp³-hybridized carbons (Fsp3) is 0.148. The molecule has 5 rings (SSSR count). The lowest BCUT2D eigenvalue weighted by Gasteiger charge is -2.19. The van der Waals surface area contributed by atoms with E-state index in [1.54, 1.807) is 28.8 Å². The summed E-state index contributed by atoms with van der Waals surface area (Å²) in [6, 6.07) is 23.3. The SMILES string of the molecule is CCN1C(=C2SC(=Nc3cccc(C(C)=O)c3)N(c3cccc(C)c3)C2=O)Sc2ccccc21. The second-order valence-electron chi connectivity index (χ2n) is 8.03. The number of rotatable bonds is 4. The van der Waals surface area contributed by atoms with Gasteiger partial charge in [0.1, 0.15) is 9.93 Å². The Morgan fingerprint density at radius 2 is 1.76 bits per heavy atom. The Bertz CT molecular complexity index is 1380. The van der Waals surface area contributed by atoms with Gasteiger partial charge >= 0.3 is 0 Å². The van der Waals surface area contributed by atoms with Gasteiger partial charge in [0.15, 0.2) is 11.0 Å². The standard InChI is InChI=1S/C27H23N3O2S2/c1-4-29-22-13-5-6-14-23(22)33-26(29)24-25(32)30(21-12-7-9-17(2)15-21)27(34-24)28-20-11-8-10-19(16-20)18(3)31/h5-16H,4H2,1-3H3. The van der Waals surface area contributed by atoms with Crippen LogP contribution in [0.1, 0.15) is 29.8 Å². The van der Waals surface area contributed by atoms with Crippen molar-refractivity contribution < 1.29 is 9.59 Å². The molecular formula is C27H23N3O2S2. The minimum absolute atomic E-state index is 0.0192. The van der Waals surface area contributed by atoms with E-state index in [0.717, 1.165) is 33.4 Å². The second kappa shape index (κ2) is 9.16. The molecule has 2 aliphatic rings. The lowest BCUT2D eigenvalue weighted by molar-refractivity contribution is -0.113. The van der Waals surface area contributed by atoms with Crippen LogP contribution in [0.3, 0.4) is 0 Å². The fourth-order valence-corrected chi connectivity index (χ4v) is 6.39. The van der Waals surface area contributed by atoms with Gasteiger partial charge in [-0.1, -0.05) is 48.2 Å². The van der Waals surface area contributed by atoms with Crippen molar-refractivity contribution in [2.24, 2.45) is 4.99 Å². The van der Waals surface area contributed by atoms with Gasteiger partial charge in [-0.25, -0.2) is 4.99 Å². The maximum atomic E-state index is 13.9. The van der Waals surface area contributed by atoms with Gasteiger partial charge < -0.3 is 4.90 Å². The Kier molecular flexibility index (Phi) is 6.06. The smallest absolute Gasteiger partial charge is 0.274 e. The van der Waals surface area contributed by atoms with E-state index < -0.39 is 0 Å². The highest BCUT2D eigenvalue weighted by atomic mass is 32.2. The van der Waals surface area contributed by atoms with Crippen LogP contribution in [-0.2, 0) is 4.79 Å². The topological polar surface area (TPSA) is 53.0 Å². The summed E-state index contributed by atoms with van der Waals surface area (Å²) in [5.74, 6) is -0.111. The van der Waals surface area contributed by atoms with Gasteiger partial charge in [-0.05, 0) is 74.5 Å². The maximum absolute atomic E-state index is 13.9. The number of nitrogens with zero attached hydrogens (tertiary/aromatic N) is 3. The van der Waals surface area contributed by atoms with Crippen molar-refractivity contribution >= 4 is 57.4 Å². The largest absolute Gasteiger partial charge is 0.334 e. The summed E-state index contributed by atoms with van der Waals surface area (Å²) >= 11 is 3.00. The van der Waals surface area contributed by atoms with Gasteiger partial charge in [0.25, 0.3) is 5.91 Å². The van der Waals surface area contributed by atoms with Gasteiger partial charge in [-0.2, -0.15) is 0 Å². The first-order valence-corrected chi connectivity index (χ1v) is 12.7. The van der Waals surface area contributed by atoms with Crippen molar-refractivity contribution in [2.75, 3.05) is 16.3 Å². The molecule has 2 aliphatic heterocycles. The molecule has 0 spiro atoms. The molecule has 3 aromatic rings. The minimum Gasteiger partial charge on any atom is -0.334 e. The molecule has 1 amide bonds. The zero-order valence-corrected chi connectivity index (χ0v) is 20.7. The molecule has 2 heterocycles. The second-order valence-corrected chi connectivity index (χ2v) is 10.0. The monoisotopic (exact) mass is 485 g/mol. The normalized spacial score (nSPS) is 18.7. The lowest BCUT2D eigenvalue weighted by Crippen LogP contribution is -2.29. The molecule has 0 N–H and O–H groups in total. The Morgan fingerprint density at radius 1 is 0.971 bits per heavy atom. The van der Waals surface area contributed by atoms with Crippen molar-refractivity contribution in [1.82, 2.24) is 0 Å². The number of anilines is 2. The van der Waals surface area contributed by atoms with Crippen LogP contribution < -0.4 is 9.80 Å². The fourth-order valence-electron chi connectivity index (χ4n) is 3.99. The molecule has 3 aromatic carbocycles. The number of Topliss-reactive ketones (excluding diaryl/α,β-unsaturated/α-hetero) is 1. The van der Waals surface area contributed by atoms with E-state index >= 15 is 0 Å². The van der Waals surface area contributed by atoms with Crippen LogP contribution in [0.4, 0.5) is 17.1 Å². The molecule has 7 heteroatoms. The first kappa shape index (κ1) is 22.5. The van der Waals surface area contributed by atoms with Gasteiger partial charge in [-0.3, -0.25) is 14.5 Å². The van der Waals surface area contributed by atoms with E-state index in [9.17, 15) is 9.59 Å². The Balaban J connectivity index is 1.64. The highest BCUT2D eigenvalue weighted by Gasteiger charge is 2.40. The number of aryl methyl sites for hydroxylation is 1. The van der Waals surface area contributed by atoms with Crippen molar-refractivity contribution in [3.63, 3.8) is 0 Å². The summed E-state index contributed by atoms with van der Waals surface area (Å²) < 4.78 is 0. The molecule has 0 bridgehead atoms. The molecule has 1 fully saturated rings. The number of para-hydroxylation sites is 1. The number of benzene rings is 3. The molecule has 34 heavy (non-hydrogen) atoms. The molecule has 0 saturated carbocycles. The zero-order valence-electron chi connectivity index (χ0n) is 19.1. The third-order valence-corrected chi connectivity index (χ3v) is 7.98. The average Bonchev–Trinajstić information content (AvgIpc) is 3.36. The van der Waals surface area contributed by atoms with Crippen molar-refractivity contribution in [2.45, 2.75) is 25.7 Å². The first-order valence-electron chi connectivity index (χ1n) is 11.0. The van der Waals surface area contributed by atoms with E-state index in [2.05, 4.69) is 24.0 Å². The third kappa shape index (κ3) is 4.06.